The van der Waals surface area contributed by atoms with Crippen LogP contribution in [-0.2, 0) is 4.74 Å². The Morgan fingerprint density at radius 3 is 2.62 bits per heavy atom. The summed E-state index contributed by atoms with van der Waals surface area (Å²) in [7, 11) is 0. The van der Waals surface area contributed by atoms with E-state index in [2.05, 4.69) is 34.4 Å². The largest absolute Gasteiger partial charge is 0.492 e. The lowest BCUT2D eigenvalue weighted by Crippen LogP contribution is -2.44. The van der Waals surface area contributed by atoms with Gasteiger partial charge in [0.1, 0.15) is 12.4 Å². The van der Waals surface area contributed by atoms with Gasteiger partial charge in [-0.25, -0.2) is 0 Å². The fraction of sp³-hybridized carbons (Fsp3) is 0.611. The van der Waals surface area contributed by atoms with Gasteiger partial charge in [-0.3, -0.25) is 9.89 Å². The van der Waals surface area contributed by atoms with Gasteiger partial charge in [0.25, 0.3) is 0 Å². The van der Waals surface area contributed by atoms with Gasteiger partial charge in [-0.2, -0.15) is 0 Å². The summed E-state index contributed by atoms with van der Waals surface area (Å²) in [5, 5.41) is 7.28. The normalized spacial score (nSPS) is 16.5. The van der Waals surface area contributed by atoms with Gasteiger partial charge < -0.3 is 20.1 Å². The van der Waals surface area contributed by atoms with Crippen molar-refractivity contribution in [3.8, 4) is 5.75 Å². The Balaban J connectivity index is 0.00000338. The first-order valence-corrected chi connectivity index (χ1v) is 9.29. The zero-order valence-electron chi connectivity index (χ0n) is 15.5. The molecule has 1 aliphatic heterocycles. The van der Waals surface area contributed by atoms with Crippen LogP contribution in [0.2, 0.25) is 5.02 Å². The summed E-state index contributed by atoms with van der Waals surface area (Å²) in [4.78, 5) is 7.10. The molecule has 0 radical (unpaired) electrons. The fourth-order valence-corrected chi connectivity index (χ4v) is 2.69. The molecule has 0 saturated carbocycles. The van der Waals surface area contributed by atoms with Gasteiger partial charge in [-0.05, 0) is 38.1 Å². The van der Waals surface area contributed by atoms with E-state index in [1.165, 1.54) is 0 Å². The highest BCUT2D eigenvalue weighted by Crippen LogP contribution is 2.15. The van der Waals surface area contributed by atoms with Crippen LogP contribution in [0.4, 0.5) is 0 Å². The molecule has 1 saturated heterocycles. The van der Waals surface area contributed by atoms with Crippen molar-refractivity contribution in [3.63, 3.8) is 0 Å². The highest BCUT2D eigenvalue weighted by molar-refractivity contribution is 14.0. The molecule has 1 atom stereocenters. The molecule has 26 heavy (non-hydrogen) atoms. The minimum atomic E-state index is 0. The fourth-order valence-electron chi connectivity index (χ4n) is 2.57. The number of nitrogens with one attached hydrogen (secondary N) is 2. The monoisotopic (exact) mass is 496 g/mol. The molecule has 0 bridgehead atoms. The summed E-state index contributed by atoms with van der Waals surface area (Å²) in [6.45, 7) is 10.7. The predicted octanol–water partition coefficient (Wildman–Crippen LogP) is 2.61. The molecule has 1 unspecified atom stereocenters. The number of hydrogen-bond donors (Lipinski definition) is 2. The maximum Gasteiger partial charge on any atom is 0.191 e. The van der Waals surface area contributed by atoms with E-state index in [0.29, 0.717) is 24.2 Å². The second-order valence-corrected chi connectivity index (χ2v) is 6.38. The van der Waals surface area contributed by atoms with Crippen molar-refractivity contribution in [2.45, 2.75) is 19.9 Å². The smallest absolute Gasteiger partial charge is 0.191 e. The summed E-state index contributed by atoms with van der Waals surface area (Å²) in [6, 6.07) is 7.79. The van der Waals surface area contributed by atoms with Crippen LogP contribution in [0.15, 0.2) is 29.3 Å². The number of nitrogens with zero attached hydrogens (tertiary/aromatic N) is 2. The Bertz CT molecular complexity index is 524. The lowest BCUT2D eigenvalue weighted by atomic mass is 10.2. The van der Waals surface area contributed by atoms with Crippen molar-refractivity contribution in [1.82, 2.24) is 15.5 Å². The van der Waals surface area contributed by atoms with Gasteiger partial charge in [0.15, 0.2) is 5.96 Å². The number of aliphatic imine (C=N–C) groups is 1. The average Bonchev–Trinajstić information content (AvgIpc) is 2.65. The Morgan fingerprint density at radius 1 is 1.27 bits per heavy atom. The molecule has 8 heteroatoms. The average molecular weight is 497 g/mol. The van der Waals surface area contributed by atoms with Crippen LogP contribution in [0, 0.1) is 0 Å². The molecule has 1 aromatic carbocycles. The first kappa shape index (κ1) is 23.3. The summed E-state index contributed by atoms with van der Waals surface area (Å²) in [6.07, 6.45) is 0. The van der Waals surface area contributed by atoms with E-state index in [9.17, 15) is 0 Å². The molecule has 148 valence electrons. The van der Waals surface area contributed by atoms with Crippen LogP contribution in [0.3, 0.4) is 0 Å². The van der Waals surface area contributed by atoms with Crippen LogP contribution in [0.25, 0.3) is 0 Å². The minimum absolute atomic E-state index is 0. The van der Waals surface area contributed by atoms with Crippen molar-refractivity contribution in [2.24, 2.45) is 4.99 Å². The van der Waals surface area contributed by atoms with Crippen molar-refractivity contribution < 1.29 is 9.47 Å². The third-order valence-electron chi connectivity index (χ3n) is 4.00. The number of ether oxygens (including phenoxy) is 2. The third-order valence-corrected chi connectivity index (χ3v) is 4.26. The second-order valence-electron chi connectivity index (χ2n) is 5.95. The summed E-state index contributed by atoms with van der Waals surface area (Å²) in [5.74, 6) is 1.64. The Labute approximate surface area is 178 Å². The molecule has 6 nitrogen and oxygen atoms in total. The molecule has 1 heterocycles. The molecule has 2 N–H and O–H groups in total. The van der Waals surface area contributed by atoms with Gasteiger partial charge in [-0.1, -0.05) is 11.6 Å². The Morgan fingerprint density at radius 2 is 1.96 bits per heavy atom. The molecule has 1 aliphatic rings. The summed E-state index contributed by atoms with van der Waals surface area (Å²) in [5.41, 5.74) is 0. The SMILES string of the molecule is CCNC(=NCC(C)N1CCOCC1)NCCOc1ccc(Cl)cc1.I. The zero-order valence-corrected chi connectivity index (χ0v) is 18.6. The molecule has 0 spiro atoms. The molecule has 0 amide bonds. The highest BCUT2D eigenvalue weighted by atomic mass is 127. The number of rotatable bonds is 8. The summed E-state index contributed by atoms with van der Waals surface area (Å²) >= 11 is 5.86. The first-order chi connectivity index (χ1) is 12.2. The number of halogens is 2. The second kappa shape index (κ2) is 13.4. The molecule has 1 fully saturated rings. The van der Waals surface area contributed by atoms with Gasteiger partial charge in [0.2, 0.25) is 0 Å². The van der Waals surface area contributed by atoms with Gasteiger partial charge >= 0.3 is 0 Å². The molecular formula is C18H30ClIN4O2. The van der Waals surface area contributed by atoms with E-state index in [1.54, 1.807) is 0 Å². The van der Waals surface area contributed by atoms with Crippen LogP contribution >= 0.6 is 35.6 Å². The van der Waals surface area contributed by atoms with Crippen molar-refractivity contribution in [3.05, 3.63) is 29.3 Å². The predicted molar refractivity (Wildman–Crippen MR) is 118 cm³/mol. The topological polar surface area (TPSA) is 58.1 Å². The standard InChI is InChI=1S/C18H29ClN4O2.HI/c1-3-20-18(22-14-15(2)23-9-12-24-13-10-23)21-8-11-25-17-6-4-16(19)5-7-17;/h4-7,15H,3,8-14H2,1-2H3,(H2,20,21,22);1H. The first-order valence-electron chi connectivity index (χ1n) is 8.91. The molecular weight excluding hydrogens is 467 g/mol. The van der Waals surface area contributed by atoms with Gasteiger partial charge in [0, 0.05) is 30.7 Å². The number of morpholine rings is 1. The zero-order chi connectivity index (χ0) is 17.9. The van der Waals surface area contributed by atoms with Crippen molar-refractivity contribution in [2.75, 3.05) is 52.5 Å². The van der Waals surface area contributed by atoms with Crippen LogP contribution in [0.5, 0.6) is 5.75 Å². The van der Waals surface area contributed by atoms with E-state index in [1.807, 2.05) is 24.3 Å². The Kier molecular flexibility index (Phi) is 12.0. The molecule has 2 rings (SSSR count). The van der Waals surface area contributed by atoms with Crippen LogP contribution in [-0.4, -0.2) is 69.4 Å². The van der Waals surface area contributed by atoms with Crippen LogP contribution in [0.1, 0.15) is 13.8 Å². The van der Waals surface area contributed by atoms with Crippen molar-refractivity contribution >= 4 is 41.5 Å². The lowest BCUT2D eigenvalue weighted by molar-refractivity contribution is 0.0220. The lowest BCUT2D eigenvalue weighted by Gasteiger charge is -2.31. The van der Waals surface area contributed by atoms with Gasteiger partial charge in [-0.15, -0.1) is 24.0 Å². The van der Waals surface area contributed by atoms with Crippen molar-refractivity contribution in [1.29, 1.82) is 0 Å². The third kappa shape index (κ3) is 8.75. The van der Waals surface area contributed by atoms with E-state index >= 15 is 0 Å². The minimum Gasteiger partial charge on any atom is -0.492 e. The Hall–Kier alpha value is -0.770. The quantitative estimate of drug-likeness (QED) is 0.251. The van der Waals surface area contributed by atoms with E-state index in [-0.39, 0.29) is 24.0 Å². The summed E-state index contributed by atoms with van der Waals surface area (Å²) < 4.78 is 11.1. The molecule has 0 aromatic heterocycles. The van der Waals surface area contributed by atoms with E-state index in [4.69, 9.17) is 21.1 Å². The van der Waals surface area contributed by atoms with E-state index < -0.39 is 0 Å². The highest BCUT2D eigenvalue weighted by Gasteiger charge is 2.16. The number of hydrogen-bond acceptors (Lipinski definition) is 4. The molecule has 0 aliphatic carbocycles. The number of guanidine groups is 1. The molecule has 1 aromatic rings. The number of benzene rings is 1. The maximum absolute atomic E-state index is 5.86. The van der Waals surface area contributed by atoms with Gasteiger partial charge in [0.05, 0.1) is 26.3 Å². The maximum atomic E-state index is 5.86. The van der Waals surface area contributed by atoms with E-state index in [0.717, 1.165) is 51.1 Å². The van der Waals surface area contributed by atoms with Crippen LogP contribution < -0.4 is 15.4 Å².